The summed E-state index contributed by atoms with van der Waals surface area (Å²) in [7, 11) is 0. The summed E-state index contributed by atoms with van der Waals surface area (Å²) in [5.74, 6) is 0.845. The molecule has 2 saturated heterocycles. The van der Waals surface area contributed by atoms with E-state index in [-0.39, 0.29) is 11.6 Å². The van der Waals surface area contributed by atoms with Crippen LogP contribution in [-0.4, -0.2) is 52.5 Å². The molecule has 1 atom stereocenters. The Morgan fingerprint density at radius 1 is 1.00 bits per heavy atom. The Labute approximate surface area is 149 Å². The molecule has 2 aliphatic heterocycles. The molecule has 5 heteroatoms. The Morgan fingerprint density at radius 2 is 1.80 bits per heavy atom. The first-order valence-corrected chi connectivity index (χ1v) is 9.76. The van der Waals surface area contributed by atoms with Crippen molar-refractivity contribution in [2.24, 2.45) is 0 Å². The smallest absolute Gasteiger partial charge is 0.258 e. The summed E-state index contributed by atoms with van der Waals surface area (Å²) in [6.45, 7) is 5.79. The minimum atomic E-state index is -0.0139. The lowest BCUT2D eigenvalue weighted by Gasteiger charge is -2.27. The molecule has 0 bridgehead atoms. The van der Waals surface area contributed by atoms with Crippen molar-refractivity contribution in [3.8, 4) is 0 Å². The van der Waals surface area contributed by atoms with E-state index in [0.717, 1.165) is 37.4 Å². The molecular formula is C20H28N4O. The molecule has 2 fully saturated rings. The highest BCUT2D eigenvalue weighted by Crippen LogP contribution is 2.29. The van der Waals surface area contributed by atoms with Gasteiger partial charge in [-0.3, -0.25) is 9.69 Å². The maximum absolute atomic E-state index is 12.4. The molecule has 134 valence electrons. The first-order valence-electron chi connectivity index (χ1n) is 9.76. The minimum Gasteiger partial charge on any atom is -0.309 e. The molecule has 0 amide bonds. The van der Waals surface area contributed by atoms with Crippen molar-refractivity contribution < 1.29 is 0 Å². The number of nitrogens with one attached hydrogen (secondary N) is 1. The third-order valence-electron chi connectivity index (χ3n) is 5.71. The number of rotatable bonds is 4. The van der Waals surface area contributed by atoms with Gasteiger partial charge in [-0.05, 0) is 57.5 Å². The minimum absolute atomic E-state index is 0.0139. The largest absolute Gasteiger partial charge is 0.309 e. The standard InChI is InChI=1S/C20H28N4O/c25-20-16-8-3-4-9-17(16)21-19(22-20)18-10-7-13-24(18)15-14-23-11-5-1-2-6-12-23/h3-4,8-9,18H,1-2,5-7,10-15H2,(H,21,22,25). The van der Waals surface area contributed by atoms with E-state index < -0.39 is 0 Å². The summed E-state index contributed by atoms with van der Waals surface area (Å²) in [5, 5.41) is 0.681. The fourth-order valence-electron chi connectivity index (χ4n) is 4.30. The van der Waals surface area contributed by atoms with Gasteiger partial charge in [-0.25, -0.2) is 4.98 Å². The molecule has 25 heavy (non-hydrogen) atoms. The Balaban J connectivity index is 1.48. The number of H-pyrrole nitrogens is 1. The Bertz CT molecular complexity index is 764. The average molecular weight is 340 g/mol. The lowest BCUT2D eigenvalue weighted by molar-refractivity contribution is 0.193. The molecule has 3 heterocycles. The van der Waals surface area contributed by atoms with Crippen LogP contribution in [0.25, 0.3) is 10.9 Å². The van der Waals surface area contributed by atoms with E-state index in [0.29, 0.717) is 5.39 Å². The van der Waals surface area contributed by atoms with Gasteiger partial charge in [-0.1, -0.05) is 25.0 Å². The van der Waals surface area contributed by atoms with E-state index >= 15 is 0 Å². The van der Waals surface area contributed by atoms with Gasteiger partial charge in [0.1, 0.15) is 5.82 Å². The van der Waals surface area contributed by atoms with E-state index in [1.165, 1.54) is 45.2 Å². The van der Waals surface area contributed by atoms with Crippen LogP contribution in [0.5, 0.6) is 0 Å². The van der Waals surface area contributed by atoms with E-state index in [1.54, 1.807) is 0 Å². The second-order valence-electron chi connectivity index (χ2n) is 7.42. The molecular weight excluding hydrogens is 312 g/mol. The van der Waals surface area contributed by atoms with Gasteiger partial charge in [0, 0.05) is 13.1 Å². The molecule has 2 aliphatic rings. The molecule has 2 aromatic rings. The Hall–Kier alpha value is -1.72. The van der Waals surface area contributed by atoms with Crippen LogP contribution in [0.4, 0.5) is 0 Å². The Morgan fingerprint density at radius 3 is 2.64 bits per heavy atom. The molecule has 1 aromatic heterocycles. The molecule has 1 unspecified atom stereocenters. The fraction of sp³-hybridized carbons (Fsp3) is 0.600. The first-order chi connectivity index (χ1) is 12.3. The molecule has 0 aliphatic carbocycles. The quantitative estimate of drug-likeness (QED) is 0.930. The maximum Gasteiger partial charge on any atom is 0.258 e. The van der Waals surface area contributed by atoms with Gasteiger partial charge in [0.25, 0.3) is 5.56 Å². The van der Waals surface area contributed by atoms with Gasteiger partial charge < -0.3 is 9.88 Å². The topological polar surface area (TPSA) is 52.2 Å². The van der Waals surface area contributed by atoms with Crippen molar-refractivity contribution in [1.82, 2.24) is 19.8 Å². The number of para-hydroxylation sites is 1. The summed E-state index contributed by atoms with van der Waals surface area (Å²) in [6, 6.07) is 7.87. The summed E-state index contributed by atoms with van der Waals surface area (Å²) >= 11 is 0. The number of nitrogens with zero attached hydrogens (tertiary/aromatic N) is 3. The zero-order chi connectivity index (χ0) is 17.1. The fourth-order valence-corrected chi connectivity index (χ4v) is 4.30. The van der Waals surface area contributed by atoms with Crippen molar-refractivity contribution in [1.29, 1.82) is 0 Å². The lowest BCUT2D eigenvalue weighted by atomic mass is 10.2. The molecule has 4 rings (SSSR count). The predicted molar refractivity (Wildman–Crippen MR) is 101 cm³/mol. The monoisotopic (exact) mass is 340 g/mol. The van der Waals surface area contributed by atoms with Gasteiger partial charge in [0.05, 0.1) is 16.9 Å². The number of aromatic amines is 1. The van der Waals surface area contributed by atoms with Crippen molar-refractivity contribution in [2.45, 2.75) is 44.6 Å². The zero-order valence-corrected chi connectivity index (χ0v) is 14.9. The SMILES string of the molecule is O=c1[nH]c(C2CCCN2CCN2CCCCCC2)nc2ccccc12. The van der Waals surface area contributed by atoms with Crippen LogP contribution >= 0.6 is 0 Å². The number of aromatic nitrogens is 2. The van der Waals surface area contributed by atoms with Gasteiger partial charge in [0.2, 0.25) is 0 Å². The molecule has 0 saturated carbocycles. The van der Waals surface area contributed by atoms with Crippen LogP contribution in [0, 0.1) is 0 Å². The third-order valence-corrected chi connectivity index (χ3v) is 5.71. The highest BCUT2D eigenvalue weighted by atomic mass is 16.1. The highest BCUT2D eigenvalue weighted by molar-refractivity contribution is 5.77. The van der Waals surface area contributed by atoms with Crippen LogP contribution < -0.4 is 5.56 Å². The van der Waals surface area contributed by atoms with E-state index in [2.05, 4.69) is 14.8 Å². The first kappa shape index (κ1) is 16.7. The van der Waals surface area contributed by atoms with Gasteiger partial charge in [0.15, 0.2) is 0 Å². The van der Waals surface area contributed by atoms with Crippen LogP contribution in [0.15, 0.2) is 29.1 Å². The number of hydrogen-bond acceptors (Lipinski definition) is 4. The summed E-state index contributed by atoms with van der Waals surface area (Å²) in [4.78, 5) is 25.3. The zero-order valence-electron chi connectivity index (χ0n) is 14.9. The van der Waals surface area contributed by atoms with E-state index in [1.807, 2.05) is 24.3 Å². The van der Waals surface area contributed by atoms with Crippen LogP contribution in [0.1, 0.15) is 50.4 Å². The Kier molecular flexibility index (Phi) is 5.13. The molecule has 0 radical (unpaired) electrons. The van der Waals surface area contributed by atoms with E-state index in [4.69, 9.17) is 4.98 Å². The van der Waals surface area contributed by atoms with Crippen molar-refractivity contribution in [2.75, 3.05) is 32.7 Å². The van der Waals surface area contributed by atoms with Crippen molar-refractivity contribution >= 4 is 10.9 Å². The van der Waals surface area contributed by atoms with Crippen LogP contribution in [0.2, 0.25) is 0 Å². The van der Waals surface area contributed by atoms with E-state index in [9.17, 15) is 4.79 Å². The normalized spacial score (nSPS) is 23.1. The number of hydrogen-bond donors (Lipinski definition) is 1. The molecule has 0 spiro atoms. The molecule has 1 aromatic carbocycles. The second kappa shape index (κ2) is 7.67. The average Bonchev–Trinajstić information content (AvgIpc) is 2.95. The maximum atomic E-state index is 12.4. The number of fused-ring (bicyclic) bond motifs is 1. The van der Waals surface area contributed by atoms with Crippen molar-refractivity contribution in [3.63, 3.8) is 0 Å². The van der Waals surface area contributed by atoms with Gasteiger partial charge in [-0.15, -0.1) is 0 Å². The van der Waals surface area contributed by atoms with Crippen LogP contribution in [-0.2, 0) is 0 Å². The van der Waals surface area contributed by atoms with Crippen molar-refractivity contribution in [3.05, 3.63) is 40.4 Å². The predicted octanol–water partition coefficient (Wildman–Crippen LogP) is 2.94. The summed E-state index contributed by atoms with van der Waals surface area (Å²) < 4.78 is 0. The lowest BCUT2D eigenvalue weighted by Crippen LogP contribution is -2.36. The summed E-state index contributed by atoms with van der Waals surface area (Å²) in [5.41, 5.74) is 0.792. The third kappa shape index (κ3) is 3.77. The highest BCUT2D eigenvalue weighted by Gasteiger charge is 2.28. The van der Waals surface area contributed by atoms with Gasteiger partial charge >= 0.3 is 0 Å². The van der Waals surface area contributed by atoms with Crippen LogP contribution in [0.3, 0.4) is 0 Å². The molecule has 1 N–H and O–H groups in total. The number of likely N-dealkylation sites (tertiary alicyclic amines) is 2. The second-order valence-corrected chi connectivity index (χ2v) is 7.42. The number of benzene rings is 1. The summed E-state index contributed by atoms with van der Waals surface area (Å²) in [6.07, 6.45) is 7.70. The molecule has 5 nitrogen and oxygen atoms in total. The van der Waals surface area contributed by atoms with Gasteiger partial charge in [-0.2, -0.15) is 0 Å².